The van der Waals surface area contributed by atoms with Crippen molar-refractivity contribution in [1.82, 2.24) is 10.6 Å². The zero-order valence-corrected chi connectivity index (χ0v) is 11.4. The predicted octanol–water partition coefficient (Wildman–Crippen LogP) is 2.46. The number of amides is 1. The fraction of sp³-hybridized carbons (Fsp3) is 0.533. The first-order valence-corrected chi connectivity index (χ1v) is 7.13. The Kier molecular flexibility index (Phi) is 3.65. The third kappa shape index (κ3) is 3.05. The smallest absolute Gasteiger partial charge is 0.351 e. The van der Waals surface area contributed by atoms with Gasteiger partial charge in [-0.15, -0.1) is 0 Å². The van der Waals surface area contributed by atoms with E-state index >= 15 is 0 Å². The number of halogens is 3. The summed E-state index contributed by atoms with van der Waals surface area (Å²) >= 11 is 0. The van der Waals surface area contributed by atoms with E-state index in [0.717, 1.165) is 31.4 Å². The quantitative estimate of drug-likeness (QED) is 0.900. The first-order chi connectivity index (χ1) is 9.93. The van der Waals surface area contributed by atoms with E-state index in [4.69, 9.17) is 0 Å². The van der Waals surface area contributed by atoms with Crippen LogP contribution in [0.5, 0.6) is 0 Å². The molecule has 0 unspecified atom stereocenters. The standard InChI is InChI=1S/C15H17F3N2O/c16-15(17,18)11-4-1-9(2-5-11)8-19-14(21)13-10-3-6-12(7-10)20-13/h1-2,4-5,10,12-13,20H,3,6-8H2,(H,19,21)/t10-,12+,13-/m1/s1. The van der Waals surface area contributed by atoms with Gasteiger partial charge in [0.15, 0.2) is 0 Å². The highest BCUT2D eigenvalue weighted by atomic mass is 19.4. The molecule has 114 valence electrons. The molecule has 2 aliphatic rings. The molecule has 6 heteroatoms. The van der Waals surface area contributed by atoms with Gasteiger partial charge in [0.05, 0.1) is 11.6 Å². The van der Waals surface area contributed by atoms with E-state index < -0.39 is 11.7 Å². The van der Waals surface area contributed by atoms with Crippen LogP contribution in [0.4, 0.5) is 13.2 Å². The van der Waals surface area contributed by atoms with E-state index in [1.807, 2.05) is 0 Å². The lowest BCUT2D eigenvalue weighted by Gasteiger charge is -2.22. The molecule has 1 aliphatic carbocycles. The minimum absolute atomic E-state index is 0.0536. The predicted molar refractivity (Wildman–Crippen MR) is 71.3 cm³/mol. The number of fused-ring (bicyclic) bond motifs is 2. The lowest BCUT2D eigenvalue weighted by Crippen LogP contribution is -2.47. The number of alkyl halides is 3. The highest BCUT2D eigenvalue weighted by molar-refractivity contribution is 5.82. The Hall–Kier alpha value is -1.56. The van der Waals surface area contributed by atoms with Crippen LogP contribution in [-0.4, -0.2) is 18.0 Å². The van der Waals surface area contributed by atoms with E-state index in [-0.39, 0.29) is 18.5 Å². The average Bonchev–Trinajstić information content (AvgIpc) is 3.07. The fourth-order valence-electron chi connectivity index (χ4n) is 3.26. The summed E-state index contributed by atoms with van der Waals surface area (Å²) in [4.78, 5) is 12.1. The number of rotatable bonds is 3. The SMILES string of the molecule is O=C(NCc1ccc(C(F)(F)F)cc1)[C@@H]1N[C@H]2CC[C@@H]1C2. The Bertz CT molecular complexity index is 527. The molecule has 1 aromatic carbocycles. The molecule has 1 saturated carbocycles. The van der Waals surface area contributed by atoms with Crippen molar-refractivity contribution in [3.05, 3.63) is 35.4 Å². The van der Waals surface area contributed by atoms with Crippen molar-refractivity contribution >= 4 is 5.91 Å². The van der Waals surface area contributed by atoms with E-state index in [2.05, 4.69) is 10.6 Å². The molecule has 1 heterocycles. The molecule has 1 amide bonds. The molecule has 1 aliphatic heterocycles. The summed E-state index contributed by atoms with van der Waals surface area (Å²) in [5.74, 6) is 0.352. The van der Waals surface area contributed by atoms with Crippen LogP contribution >= 0.6 is 0 Å². The number of hydrogen-bond donors (Lipinski definition) is 2. The number of piperidine rings is 1. The first kappa shape index (κ1) is 14.4. The Morgan fingerprint density at radius 3 is 2.48 bits per heavy atom. The molecule has 1 aromatic rings. The lowest BCUT2D eigenvalue weighted by atomic mass is 9.99. The lowest BCUT2D eigenvalue weighted by molar-refractivity contribution is -0.137. The normalized spacial score (nSPS) is 27.9. The van der Waals surface area contributed by atoms with Gasteiger partial charge in [-0.25, -0.2) is 0 Å². The molecular formula is C15H17F3N2O. The highest BCUT2D eigenvalue weighted by Gasteiger charge is 2.42. The maximum atomic E-state index is 12.4. The molecule has 2 bridgehead atoms. The van der Waals surface area contributed by atoms with Gasteiger partial charge in [-0.2, -0.15) is 13.2 Å². The number of carbonyl (C=O) groups excluding carboxylic acids is 1. The summed E-state index contributed by atoms with van der Waals surface area (Å²) < 4.78 is 37.3. The molecule has 3 nitrogen and oxygen atoms in total. The molecule has 1 saturated heterocycles. The van der Waals surface area contributed by atoms with Gasteiger partial charge >= 0.3 is 6.18 Å². The summed E-state index contributed by atoms with van der Waals surface area (Å²) in [6.45, 7) is 0.256. The highest BCUT2D eigenvalue weighted by Crippen LogP contribution is 2.35. The van der Waals surface area contributed by atoms with Crippen LogP contribution in [0.15, 0.2) is 24.3 Å². The van der Waals surface area contributed by atoms with E-state index in [9.17, 15) is 18.0 Å². The van der Waals surface area contributed by atoms with Gasteiger partial charge in [0.25, 0.3) is 0 Å². The van der Waals surface area contributed by atoms with Crippen LogP contribution in [0.1, 0.15) is 30.4 Å². The van der Waals surface area contributed by atoms with Gasteiger partial charge in [-0.05, 0) is 42.9 Å². The summed E-state index contributed by atoms with van der Waals surface area (Å²) in [5.41, 5.74) is -0.00754. The van der Waals surface area contributed by atoms with Gasteiger partial charge in [-0.1, -0.05) is 12.1 Å². The molecule has 0 spiro atoms. The average molecular weight is 298 g/mol. The molecule has 2 fully saturated rings. The number of carbonyl (C=O) groups is 1. The van der Waals surface area contributed by atoms with Crippen molar-refractivity contribution in [1.29, 1.82) is 0 Å². The maximum absolute atomic E-state index is 12.4. The van der Waals surface area contributed by atoms with Crippen LogP contribution in [0.2, 0.25) is 0 Å². The third-order valence-corrected chi connectivity index (χ3v) is 4.39. The van der Waals surface area contributed by atoms with Gasteiger partial charge in [0.2, 0.25) is 5.91 Å². The minimum Gasteiger partial charge on any atom is -0.351 e. The first-order valence-electron chi connectivity index (χ1n) is 7.13. The summed E-state index contributed by atoms with van der Waals surface area (Å²) in [6, 6.07) is 5.19. The second-order valence-corrected chi connectivity index (χ2v) is 5.83. The molecule has 3 rings (SSSR count). The summed E-state index contributed by atoms with van der Waals surface area (Å²) in [7, 11) is 0. The van der Waals surface area contributed by atoms with Crippen molar-refractivity contribution in [3.8, 4) is 0 Å². The Balaban J connectivity index is 1.54. The van der Waals surface area contributed by atoms with Crippen molar-refractivity contribution < 1.29 is 18.0 Å². The maximum Gasteiger partial charge on any atom is 0.416 e. The molecule has 0 aromatic heterocycles. The zero-order chi connectivity index (χ0) is 15.0. The Morgan fingerprint density at radius 1 is 1.24 bits per heavy atom. The van der Waals surface area contributed by atoms with Crippen LogP contribution in [0.25, 0.3) is 0 Å². The van der Waals surface area contributed by atoms with Crippen LogP contribution in [0.3, 0.4) is 0 Å². The topological polar surface area (TPSA) is 41.1 Å². The largest absolute Gasteiger partial charge is 0.416 e. The van der Waals surface area contributed by atoms with Gasteiger partial charge in [-0.3, -0.25) is 4.79 Å². The minimum atomic E-state index is -4.32. The Labute approximate surface area is 120 Å². The molecule has 3 atom stereocenters. The van der Waals surface area contributed by atoms with Crippen molar-refractivity contribution in [3.63, 3.8) is 0 Å². The van der Waals surface area contributed by atoms with Crippen molar-refractivity contribution in [2.75, 3.05) is 0 Å². The monoisotopic (exact) mass is 298 g/mol. The number of benzene rings is 1. The second-order valence-electron chi connectivity index (χ2n) is 5.83. The number of hydrogen-bond acceptors (Lipinski definition) is 2. The Morgan fingerprint density at radius 2 is 1.95 bits per heavy atom. The van der Waals surface area contributed by atoms with Crippen LogP contribution < -0.4 is 10.6 Å². The van der Waals surface area contributed by atoms with Crippen molar-refractivity contribution in [2.24, 2.45) is 5.92 Å². The second kappa shape index (κ2) is 5.33. The molecule has 21 heavy (non-hydrogen) atoms. The van der Waals surface area contributed by atoms with E-state index in [1.54, 1.807) is 0 Å². The zero-order valence-electron chi connectivity index (χ0n) is 11.4. The van der Waals surface area contributed by atoms with Crippen LogP contribution in [-0.2, 0) is 17.5 Å². The van der Waals surface area contributed by atoms with E-state index in [0.29, 0.717) is 17.5 Å². The molecule has 0 radical (unpaired) electrons. The number of nitrogens with one attached hydrogen (secondary N) is 2. The van der Waals surface area contributed by atoms with Crippen molar-refractivity contribution in [2.45, 2.75) is 44.1 Å². The van der Waals surface area contributed by atoms with Gasteiger partial charge in [0.1, 0.15) is 0 Å². The fourth-order valence-corrected chi connectivity index (χ4v) is 3.26. The van der Waals surface area contributed by atoms with Gasteiger partial charge in [0, 0.05) is 12.6 Å². The van der Waals surface area contributed by atoms with E-state index in [1.165, 1.54) is 12.1 Å². The van der Waals surface area contributed by atoms with Crippen LogP contribution in [0, 0.1) is 5.92 Å². The van der Waals surface area contributed by atoms with Gasteiger partial charge < -0.3 is 10.6 Å². The summed E-state index contributed by atoms with van der Waals surface area (Å²) in [6.07, 6.45) is -1.06. The molecular weight excluding hydrogens is 281 g/mol. The third-order valence-electron chi connectivity index (χ3n) is 4.39. The summed E-state index contributed by atoms with van der Waals surface area (Å²) in [5, 5.41) is 6.10. The molecule has 2 N–H and O–H groups in total.